The van der Waals surface area contributed by atoms with E-state index in [1.165, 1.54) is 31.8 Å². The number of amides is 1. The van der Waals surface area contributed by atoms with E-state index in [4.69, 9.17) is 9.47 Å². The van der Waals surface area contributed by atoms with Crippen molar-refractivity contribution >= 4 is 15.9 Å². The molecule has 2 aromatic carbocycles. The molecule has 7 nitrogen and oxygen atoms in total. The maximum atomic E-state index is 12.2. The van der Waals surface area contributed by atoms with Crippen LogP contribution in [-0.4, -0.2) is 52.0 Å². The summed E-state index contributed by atoms with van der Waals surface area (Å²) in [5.74, 6) is 0.940. The lowest BCUT2D eigenvalue weighted by Gasteiger charge is -2.16. The lowest BCUT2D eigenvalue weighted by molar-refractivity contribution is -0.127. The molecule has 1 N–H and O–H groups in total. The number of ether oxygens (including phenoxy) is 2. The molecule has 0 aromatic heterocycles. The van der Waals surface area contributed by atoms with Gasteiger partial charge in [-0.15, -0.1) is 0 Å². The third-order valence-corrected chi connectivity index (χ3v) is 6.26. The molecule has 2 rings (SSSR count). The van der Waals surface area contributed by atoms with E-state index in [-0.39, 0.29) is 17.4 Å². The highest BCUT2D eigenvalue weighted by molar-refractivity contribution is 7.89. The molecule has 0 saturated heterocycles. The van der Waals surface area contributed by atoms with Crippen LogP contribution in [0.5, 0.6) is 11.5 Å². The first-order valence-corrected chi connectivity index (χ1v) is 10.7. The van der Waals surface area contributed by atoms with E-state index < -0.39 is 16.1 Å². The summed E-state index contributed by atoms with van der Waals surface area (Å²) in [6.45, 7) is 6.26. The van der Waals surface area contributed by atoms with Gasteiger partial charge in [-0.05, 0) is 68.3 Å². The molecule has 0 saturated carbocycles. The summed E-state index contributed by atoms with van der Waals surface area (Å²) in [5, 5.41) is 2.76. The van der Waals surface area contributed by atoms with Crippen molar-refractivity contribution in [2.75, 3.05) is 27.2 Å². The third kappa shape index (κ3) is 6.20. The van der Waals surface area contributed by atoms with E-state index in [0.29, 0.717) is 18.0 Å². The molecule has 0 aliphatic rings. The number of sulfonamides is 1. The van der Waals surface area contributed by atoms with E-state index in [9.17, 15) is 13.2 Å². The molecule has 158 valence electrons. The number of carbonyl (C=O) groups is 1. The molecule has 0 aliphatic carbocycles. The Balaban J connectivity index is 1.78. The predicted octanol–water partition coefficient (Wildman–Crippen LogP) is 2.52. The molecule has 0 aliphatic heterocycles. The first kappa shape index (κ1) is 22.7. The molecule has 2 aromatic rings. The van der Waals surface area contributed by atoms with Crippen LogP contribution in [-0.2, 0) is 14.8 Å². The van der Waals surface area contributed by atoms with Gasteiger partial charge in [0.05, 0.1) is 11.4 Å². The fraction of sp³-hybridized carbons (Fsp3) is 0.381. The second-order valence-corrected chi connectivity index (χ2v) is 9.06. The van der Waals surface area contributed by atoms with Crippen LogP contribution in [0, 0.1) is 13.8 Å². The summed E-state index contributed by atoms with van der Waals surface area (Å²) in [6.07, 6.45) is -0.632. The molecule has 1 atom stereocenters. The van der Waals surface area contributed by atoms with Gasteiger partial charge >= 0.3 is 0 Å². The van der Waals surface area contributed by atoms with Crippen molar-refractivity contribution in [1.82, 2.24) is 9.62 Å². The number of benzene rings is 2. The molecular weight excluding hydrogens is 392 g/mol. The second-order valence-electron chi connectivity index (χ2n) is 6.90. The first-order valence-electron chi connectivity index (χ1n) is 9.28. The number of hydrogen-bond donors (Lipinski definition) is 1. The lowest BCUT2D eigenvalue weighted by atomic mass is 10.1. The normalized spacial score (nSPS) is 12.5. The fourth-order valence-electron chi connectivity index (χ4n) is 2.45. The zero-order valence-corrected chi connectivity index (χ0v) is 18.2. The molecule has 29 heavy (non-hydrogen) atoms. The number of nitrogens with one attached hydrogen (secondary N) is 1. The predicted molar refractivity (Wildman–Crippen MR) is 112 cm³/mol. The summed E-state index contributed by atoms with van der Waals surface area (Å²) >= 11 is 0. The van der Waals surface area contributed by atoms with E-state index in [2.05, 4.69) is 5.32 Å². The van der Waals surface area contributed by atoms with Gasteiger partial charge < -0.3 is 14.8 Å². The number of carbonyl (C=O) groups excluding carboxylic acids is 1. The van der Waals surface area contributed by atoms with E-state index in [1.807, 2.05) is 32.0 Å². The minimum atomic E-state index is -3.46. The molecule has 0 spiro atoms. The van der Waals surface area contributed by atoms with E-state index in [1.54, 1.807) is 19.1 Å². The molecule has 0 bridgehead atoms. The highest BCUT2D eigenvalue weighted by atomic mass is 32.2. The van der Waals surface area contributed by atoms with Crippen LogP contribution in [0.15, 0.2) is 47.4 Å². The maximum Gasteiger partial charge on any atom is 0.260 e. The van der Waals surface area contributed by atoms with Crippen molar-refractivity contribution in [2.24, 2.45) is 0 Å². The van der Waals surface area contributed by atoms with E-state index >= 15 is 0 Å². The van der Waals surface area contributed by atoms with Gasteiger partial charge in [0.2, 0.25) is 10.0 Å². The minimum Gasteiger partial charge on any atom is -0.492 e. The Kier molecular flexibility index (Phi) is 7.64. The largest absolute Gasteiger partial charge is 0.492 e. The van der Waals surface area contributed by atoms with Crippen LogP contribution in [0.2, 0.25) is 0 Å². The van der Waals surface area contributed by atoms with Gasteiger partial charge in [-0.3, -0.25) is 4.79 Å². The smallest absolute Gasteiger partial charge is 0.260 e. The number of nitrogens with zero attached hydrogens (tertiary/aromatic N) is 1. The number of hydrogen-bond acceptors (Lipinski definition) is 5. The van der Waals surface area contributed by atoms with Crippen LogP contribution in [0.1, 0.15) is 18.1 Å². The summed E-state index contributed by atoms with van der Waals surface area (Å²) in [6, 6.07) is 11.9. The summed E-state index contributed by atoms with van der Waals surface area (Å²) < 4.78 is 36.4. The monoisotopic (exact) mass is 420 g/mol. The Morgan fingerprint density at radius 1 is 1.03 bits per heavy atom. The molecule has 0 fully saturated rings. The Hall–Kier alpha value is -2.58. The van der Waals surface area contributed by atoms with Crippen LogP contribution >= 0.6 is 0 Å². The standard InChI is InChI=1S/C21H28N2O5S/c1-15-6-7-19(14-16(15)2)28-17(3)21(24)22-12-13-27-18-8-10-20(11-9-18)29(25,26)23(4)5/h6-11,14,17H,12-13H2,1-5H3,(H,22,24)/t17-/m1/s1. The van der Waals surface area contributed by atoms with Crippen LogP contribution in [0.25, 0.3) is 0 Å². The fourth-order valence-corrected chi connectivity index (χ4v) is 3.35. The molecule has 0 heterocycles. The van der Waals surface area contributed by atoms with Crippen molar-refractivity contribution in [1.29, 1.82) is 0 Å². The Labute approximate surface area is 172 Å². The van der Waals surface area contributed by atoms with Gasteiger partial charge in [0, 0.05) is 14.1 Å². The highest BCUT2D eigenvalue weighted by Gasteiger charge is 2.17. The van der Waals surface area contributed by atoms with Gasteiger partial charge in [0.1, 0.15) is 18.1 Å². The van der Waals surface area contributed by atoms with Gasteiger partial charge in [0.25, 0.3) is 5.91 Å². The first-order chi connectivity index (χ1) is 13.6. The molecule has 0 unspecified atom stereocenters. The van der Waals surface area contributed by atoms with Crippen molar-refractivity contribution in [3.63, 3.8) is 0 Å². The van der Waals surface area contributed by atoms with Crippen molar-refractivity contribution in [3.05, 3.63) is 53.6 Å². The molecule has 0 radical (unpaired) electrons. The number of rotatable bonds is 9. The number of aryl methyl sites for hydroxylation is 2. The Morgan fingerprint density at radius 3 is 2.24 bits per heavy atom. The summed E-state index contributed by atoms with van der Waals surface area (Å²) in [4.78, 5) is 12.4. The Bertz CT molecular complexity index is 940. The average molecular weight is 421 g/mol. The Morgan fingerprint density at radius 2 is 1.66 bits per heavy atom. The van der Waals surface area contributed by atoms with Gasteiger partial charge in [-0.2, -0.15) is 0 Å². The summed E-state index contributed by atoms with van der Waals surface area (Å²) in [5.41, 5.74) is 2.27. The average Bonchev–Trinajstić information content (AvgIpc) is 2.68. The topological polar surface area (TPSA) is 84.9 Å². The van der Waals surface area contributed by atoms with Gasteiger partial charge in [-0.1, -0.05) is 6.07 Å². The zero-order chi connectivity index (χ0) is 21.6. The molecule has 8 heteroatoms. The summed E-state index contributed by atoms with van der Waals surface area (Å²) in [7, 11) is -0.505. The maximum absolute atomic E-state index is 12.2. The van der Waals surface area contributed by atoms with Crippen LogP contribution in [0.4, 0.5) is 0 Å². The van der Waals surface area contributed by atoms with Gasteiger partial charge in [0.15, 0.2) is 6.10 Å². The second kappa shape index (κ2) is 9.76. The SMILES string of the molecule is Cc1ccc(O[C@H](C)C(=O)NCCOc2ccc(S(=O)(=O)N(C)C)cc2)cc1C. The van der Waals surface area contributed by atoms with Crippen molar-refractivity contribution < 1.29 is 22.7 Å². The van der Waals surface area contributed by atoms with Crippen LogP contribution in [0.3, 0.4) is 0 Å². The van der Waals surface area contributed by atoms with Crippen LogP contribution < -0.4 is 14.8 Å². The molecular formula is C21H28N2O5S. The van der Waals surface area contributed by atoms with Crippen molar-refractivity contribution in [3.8, 4) is 11.5 Å². The van der Waals surface area contributed by atoms with Gasteiger partial charge in [-0.25, -0.2) is 12.7 Å². The third-order valence-electron chi connectivity index (χ3n) is 4.43. The van der Waals surface area contributed by atoms with Crippen molar-refractivity contribution in [2.45, 2.75) is 31.8 Å². The van der Waals surface area contributed by atoms with E-state index in [0.717, 1.165) is 9.87 Å². The minimum absolute atomic E-state index is 0.195. The zero-order valence-electron chi connectivity index (χ0n) is 17.4. The highest BCUT2D eigenvalue weighted by Crippen LogP contribution is 2.19. The lowest BCUT2D eigenvalue weighted by Crippen LogP contribution is -2.38. The quantitative estimate of drug-likeness (QED) is 0.630. The molecule has 1 amide bonds.